The minimum absolute atomic E-state index is 0.0220. The van der Waals surface area contributed by atoms with Gasteiger partial charge in [0.1, 0.15) is 18.0 Å². The third-order valence-corrected chi connectivity index (χ3v) is 6.74. The zero-order valence-corrected chi connectivity index (χ0v) is 21.6. The van der Waals surface area contributed by atoms with E-state index in [-0.39, 0.29) is 37.4 Å². The van der Waals surface area contributed by atoms with Gasteiger partial charge in [-0.2, -0.15) is 0 Å². The van der Waals surface area contributed by atoms with Crippen LogP contribution in [0.25, 0.3) is 0 Å². The molecular weight excluding hydrogens is 470 g/mol. The second kappa shape index (κ2) is 11.9. The molecule has 2 fully saturated rings. The molecule has 8 nitrogen and oxygen atoms in total. The predicted molar refractivity (Wildman–Crippen MR) is 135 cm³/mol. The molecule has 1 unspecified atom stereocenters. The molecule has 0 radical (unpaired) electrons. The highest BCUT2D eigenvalue weighted by Crippen LogP contribution is 2.27. The highest BCUT2D eigenvalue weighted by atomic mass is 35.5. The maximum Gasteiger partial charge on any atom is 0.410 e. The maximum absolute atomic E-state index is 13.2. The molecule has 1 N–H and O–H groups in total. The minimum Gasteiger partial charge on any atom is -0.445 e. The Balaban J connectivity index is 1.57. The first-order valence-corrected chi connectivity index (χ1v) is 12.5. The Morgan fingerprint density at radius 1 is 1.23 bits per heavy atom. The van der Waals surface area contributed by atoms with Crippen molar-refractivity contribution >= 4 is 29.6 Å². The highest BCUT2D eigenvalue weighted by Gasteiger charge is 2.38. The van der Waals surface area contributed by atoms with E-state index in [9.17, 15) is 14.4 Å². The number of carbonyl (C=O) groups excluding carboxylic acids is 3. The second-order valence-corrected chi connectivity index (χ2v) is 10.4. The standard InChI is InChI=1S/C26H36ClN3O5/c1-5-12-34-24(32)29-11-10-23(31)20(16-29)14-26(3,4)35-25(33)30-17-22(28-15-18(30)2)13-19-6-8-21(27)9-7-19/h5-9,18,20,22,28H,1,10-17H2,2-4H3/t18-,20?,22-/m0/s1. The number of rotatable bonds is 7. The number of hydrogen-bond donors (Lipinski definition) is 1. The summed E-state index contributed by atoms with van der Waals surface area (Å²) in [6.45, 7) is 11.0. The molecule has 0 aliphatic carbocycles. The molecule has 35 heavy (non-hydrogen) atoms. The molecule has 2 heterocycles. The van der Waals surface area contributed by atoms with Gasteiger partial charge in [0.25, 0.3) is 0 Å². The van der Waals surface area contributed by atoms with Gasteiger partial charge in [-0.1, -0.05) is 36.4 Å². The van der Waals surface area contributed by atoms with Gasteiger partial charge in [-0.15, -0.1) is 0 Å². The summed E-state index contributed by atoms with van der Waals surface area (Å²) in [4.78, 5) is 41.2. The number of halogens is 1. The van der Waals surface area contributed by atoms with Gasteiger partial charge in [0.05, 0.1) is 0 Å². The largest absolute Gasteiger partial charge is 0.445 e. The van der Waals surface area contributed by atoms with Crippen LogP contribution in [-0.4, -0.2) is 78.2 Å². The van der Waals surface area contributed by atoms with Crippen molar-refractivity contribution in [2.45, 2.75) is 57.7 Å². The molecule has 2 saturated heterocycles. The van der Waals surface area contributed by atoms with Crippen molar-refractivity contribution in [1.82, 2.24) is 15.1 Å². The van der Waals surface area contributed by atoms with E-state index in [1.165, 1.54) is 11.0 Å². The molecule has 0 saturated carbocycles. The summed E-state index contributed by atoms with van der Waals surface area (Å²) >= 11 is 5.99. The van der Waals surface area contributed by atoms with Gasteiger partial charge in [0.15, 0.2) is 0 Å². The summed E-state index contributed by atoms with van der Waals surface area (Å²) < 4.78 is 11.0. The molecule has 0 spiro atoms. The third kappa shape index (κ3) is 7.70. The number of piperazine rings is 1. The number of benzene rings is 1. The van der Waals surface area contributed by atoms with E-state index < -0.39 is 23.7 Å². The van der Waals surface area contributed by atoms with E-state index in [1.807, 2.05) is 45.0 Å². The number of likely N-dealkylation sites (tertiary alicyclic amines) is 1. The number of Topliss-reactive ketones (excluding diaryl/α,β-unsaturated/α-hetero) is 1. The first kappa shape index (κ1) is 27.0. The Bertz CT molecular complexity index is 920. The molecule has 9 heteroatoms. The van der Waals surface area contributed by atoms with Gasteiger partial charge >= 0.3 is 12.2 Å². The van der Waals surface area contributed by atoms with Crippen LogP contribution >= 0.6 is 11.6 Å². The average molecular weight is 506 g/mol. The average Bonchev–Trinajstić information content (AvgIpc) is 2.81. The molecule has 0 bridgehead atoms. The molecule has 2 amide bonds. The predicted octanol–water partition coefficient (Wildman–Crippen LogP) is 4.06. The zero-order chi connectivity index (χ0) is 25.6. The van der Waals surface area contributed by atoms with Crippen LogP contribution in [0, 0.1) is 5.92 Å². The van der Waals surface area contributed by atoms with E-state index in [0.29, 0.717) is 31.1 Å². The lowest BCUT2D eigenvalue weighted by Crippen LogP contribution is -2.58. The summed E-state index contributed by atoms with van der Waals surface area (Å²) in [6.07, 6.45) is 2.01. The Morgan fingerprint density at radius 3 is 2.63 bits per heavy atom. The number of carbonyl (C=O) groups is 3. The number of amides is 2. The quantitative estimate of drug-likeness (QED) is 0.562. The summed E-state index contributed by atoms with van der Waals surface area (Å²) in [5.41, 5.74) is 0.268. The second-order valence-electron chi connectivity index (χ2n) is 9.99. The fraction of sp³-hybridized carbons (Fsp3) is 0.577. The van der Waals surface area contributed by atoms with Crippen molar-refractivity contribution in [1.29, 1.82) is 0 Å². The molecule has 1 aromatic rings. The molecule has 1 aromatic carbocycles. The fourth-order valence-electron chi connectivity index (χ4n) is 4.63. The smallest absolute Gasteiger partial charge is 0.410 e. The minimum atomic E-state index is -0.873. The Labute approximate surface area is 212 Å². The van der Waals surface area contributed by atoms with Gasteiger partial charge in [0.2, 0.25) is 0 Å². The number of ketones is 1. The summed E-state index contributed by atoms with van der Waals surface area (Å²) in [5.74, 6) is -0.346. The van der Waals surface area contributed by atoms with Crippen molar-refractivity contribution in [3.8, 4) is 0 Å². The Hall–Kier alpha value is -2.58. The zero-order valence-electron chi connectivity index (χ0n) is 20.8. The van der Waals surface area contributed by atoms with Gasteiger partial charge in [-0.25, -0.2) is 9.59 Å². The molecule has 0 aromatic heterocycles. The lowest BCUT2D eigenvalue weighted by atomic mass is 9.86. The number of piperidine rings is 1. The van der Waals surface area contributed by atoms with E-state index in [0.717, 1.165) is 12.0 Å². The molecular formula is C26H36ClN3O5. The van der Waals surface area contributed by atoms with E-state index >= 15 is 0 Å². The fourth-order valence-corrected chi connectivity index (χ4v) is 4.76. The van der Waals surface area contributed by atoms with Crippen LogP contribution in [0.2, 0.25) is 5.02 Å². The topological polar surface area (TPSA) is 88.2 Å². The highest BCUT2D eigenvalue weighted by molar-refractivity contribution is 6.30. The number of nitrogens with zero attached hydrogens (tertiary/aromatic N) is 2. The molecule has 2 aliphatic heterocycles. The van der Waals surface area contributed by atoms with E-state index in [1.54, 1.807) is 4.90 Å². The van der Waals surface area contributed by atoms with Crippen molar-refractivity contribution in [3.63, 3.8) is 0 Å². The van der Waals surface area contributed by atoms with Gasteiger partial charge in [0, 0.05) is 55.6 Å². The summed E-state index contributed by atoms with van der Waals surface area (Å²) in [6, 6.07) is 7.79. The molecule has 3 atom stereocenters. The van der Waals surface area contributed by atoms with Crippen LogP contribution in [0.3, 0.4) is 0 Å². The summed E-state index contributed by atoms with van der Waals surface area (Å²) in [7, 11) is 0. The lowest BCUT2D eigenvalue weighted by Gasteiger charge is -2.41. The van der Waals surface area contributed by atoms with Crippen molar-refractivity contribution in [3.05, 3.63) is 47.5 Å². The molecule has 192 valence electrons. The Kier molecular flexibility index (Phi) is 9.19. The van der Waals surface area contributed by atoms with Gasteiger partial charge in [-0.3, -0.25) is 4.79 Å². The normalized spacial score (nSPS) is 23.1. The number of nitrogens with one attached hydrogen (secondary N) is 1. The van der Waals surface area contributed by atoms with Crippen molar-refractivity contribution < 1.29 is 23.9 Å². The van der Waals surface area contributed by atoms with E-state index in [2.05, 4.69) is 11.9 Å². The van der Waals surface area contributed by atoms with Gasteiger partial charge in [-0.05, 0) is 51.3 Å². The molecule has 2 aliphatic rings. The van der Waals surface area contributed by atoms with Gasteiger partial charge < -0.3 is 24.6 Å². The maximum atomic E-state index is 13.2. The first-order valence-electron chi connectivity index (χ1n) is 12.1. The van der Waals surface area contributed by atoms with Crippen molar-refractivity contribution in [2.24, 2.45) is 5.92 Å². The van der Waals surface area contributed by atoms with Crippen molar-refractivity contribution in [2.75, 3.05) is 32.8 Å². The van der Waals surface area contributed by atoms with Crippen LogP contribution in [0.15, 0.2) is 36.9 Å². The summed E-state index contributed by atoms with van der Waals surface area (Å²) in [5, 5.41) is 4.19. The first-order chi connectivity index (χ1) is 16.6. The van der Waals surface area contributed by atoms with Crippen LogP contribution in [0.4, 0.5) is 9.59 Å². The van der Waals surface area contributed by atoms with Crippen LogP contribution in [-0.2, 0) is 20.7 Å². The SMILES string of the molecule is C=CCOC(=O)N1CCC(=O)C(CC(C)(C)OC(=O)N2C[C@H](Cc3ccc(Cl)cc3)NC[C@@H]2C)C1. The monoisotopic (exact) mass is 505 g/mol. The third-order valence-electron chi connectivity index (χ3n) is 6.49. The lowest BCUT2D eigenvalue weighted by molar-refractivity contribution is -0.128. The van der Waals surface area contributed by atoms with Crippen LogP contribution in [0.1, 0.15) is 39.2 Å². The Morgan fingerprint density at radius 2 is 1.94 bits per heavy atom. The van der Waals surface area contributed by atoms with Crippen LogP contribution in [0.5, 0.6) is 0 Å². The number of hydrogen-bond acceptors (Lipinski definition) is 6. The van der Waals surface area contributed by atoms with Crippen LogP contribution < -0.4 is 5.32 Å². The number of ether oxygens (including phenoxy) is 2. The molecule has 3 rings (SSSR count). The van der Waals surface area contributed by atoms with E-state index in [4.69, 9.17) is 21.1 Å².